The Hall–Kier alpha value is -1.20. The SMILES string of the molecule is CC(C=O)C1C[C@@H]2C[C@]23[C@]2(C[C@H]2C[C@@]2(N)C4=C(CC[C@]32C)C(=O)OC4)[C@@H]1O. The van der Waals surface area contributed by atoms with Gasteiger partial charge in [-0.15, -0.1) is 0 Å². The maximum atomic E-state index is 12.2. The van der Waals surface area contributed by atoms with E-state index < -0.39 is 11.6 Å². The van der Waals surface area contributed by atoms with Crippen LogP contribution >= 0.6 is 0 Å². The van der Waals surface area contributed by atoms with Crippen molar-refractivity contribution in [3.05, 3.63) is 11.1 Å². The van der Waals surface area contributed by atoms with Crippen LogP contribution in [-0.2, 0) is 14.3 Å². The number of ether oxygens (including phenoxy) is 1. The van der Waals surface area contributed by atoms with E-state index in [0.717, 1.165) is 56.0 Å². The van der Waals surface area contributed by atoms with Gasteiger partial charge in [0.05, 0.1) is 6.10 Å². The van der Waals surface area contributed by atoms with Gasteiger partial charge in [-0.05, 0) is 72.7 Å². The number of esters is 1. The van der Waals surface area contributed by atoms with Gasteiger partial charge in [0, 0.05) is 22.4 Å². The molecule has 6 aliphatic rings. The minimum absolute atomic E-state index is 0.0585. The summed E-state index contributed by atoms with van der Waals surface area (Å²) in [6, 6.07) is 0. The van der Waals surface area contributed by atoms with E-state index in [1.807, 2.05) is 6.92 Å². The summed E-state index contributed by atoms with van der Waals surface area (Å²) in [5.41, 5.74) is 8.52. The van der Waals surface area contributed by atoms with Crippen molar-refractivity contribution in [1.82, 2.24) is 0 Å². The number of nitrogens with two attached hydrogens (primary N) is 1. The average molecular weight is 371 g/mol. The van der Waals surface area contributed by atoms with Crippen molar-refractivity contribution < 1.29 is 19.4 Å². The van der Waals surface area contributed by atoms with Gasteiger partial charge in [0.1, 0.15) is 12.9 Å². The molecule has 0 amide bonds. The van der Waals surface area contributed by atoms with E-state index in [1.165, 1.54) is 0 Å². The van der Waals surface area contributed by atoms with Crippen molar-refractivity contribution in [2.45, 2.75) is 64.0 Å². The molecule has 0 aromatic heterocycles. The Morgan fingerprint density at radius 1 is 1.30 bits per heavy atom. The van der Waals surface area contributed by atoms with Crippen molar-refractivity contribution in [2.24, 2.45) is 45.7 Å². The summed E-state index contributed by atoms with van der Waals surface area (Å²) in [6.07, 6.45) is 6.20. The zero-order chi connectivity index (χ0) is 19.0. The first-order valence-electron chi connectivity index (χ1n) is 10.6. The minimum atomic E-state index is -0.491. The number of aldehydes is 1. The Bertz CT molecular complexity index is 821. The smallest absolute Gasteiger partial charge is 0.334 e. The summed E-state index contributed by atoms with van der Waals surface area (Å²) in [5.74, 6) is 0.772. The van der Waals surface area contributed by atoms with Crippen molar-refractivity contribution in [2.75, 3.05) is 6.61 Å². The molecule has 1 heterocycles. The molecule has 146 valence electrons. The van der Waals surface area contributed by atoms with E-state index in [0.29, 0.717) is 18.4 Å². The normalized spacial score (nSPS) is 58.1. The van der Waals surface area contributed by atoms with Crippen molar-refractivity contribution in [3.8, 4) is 0 Å². The quantitative estimate of drug-likeness (QED) is 0.572. The van der Waals surface area contributed by atoms with E-state index in [-0.39, 0.29) is 34.1 Å². The molecule has 0 saturated heterocycles. The minimum Gasteiger partial charge on any atom is -0.458 e. The lowest BCUT2D eigenvalue weighted by Gasteiger charge is -2.63. The Kier molecular flexibility index (Phi) is 2.80. The Balaban J connectivity index is 1.48. The molecular weight excluding hydrogens is 342 g/mol. The zero-order valence-corrected chi connectivity index (χ0v) is 16.2. The van der Waals surface area contributed by atoms with Gasteiger partial charge in [-0.1, -0.05) is 13.8 Å². The Morgan fingerprint density at radius 2 is 2.07 bits per heavy atom. The van der Waals surface area contributed by atoms with E-state index in [2.05, 4.69) is 6.92 Å². The van der Waals surface area contributed by atoms with Gasteiger partial charge in [-0.25, -0.2) is 4.79 Å². The van der Waals surface area contributed by atoms with E-state index in [9.17, 15) is 14.7 Å². The van der Waals surface area contributed by atoms with Crippen molar-refractivity contribution in [1.29, 1.82) is 0 Å². The zero-order valence-electron chi connectivity index (χ0n) is 16.2. The van der Waals surface area contributed by atoms with Crippen molar-refractivity contribution in [3.63, 3.8) is 0 Å². The standard InChI is InChI=1S/C22H29NO4/c1-11(9-24)15-5-12-7-21(12)19(2)4-3-14-16(10-27-18(14)26)22(19,23)8-13-6-20(13,21)17(15)25/h9,11-13,15,17,25H,3-8,10,23H2,1-2H3/t11?,12-,13+,15?,17-,19-,20+,21+,22-/m1/s1. The van der Waals surface area contributed by atoms with Crippen LogP contribution in [0, 0.1) is 39.9 Å². The molecule has 5 heteroatoms. The van der Waals surface area contributed by atoms with E-state index >= 15 is 0 Å². The molecule has 1 aliphatic heterocycles. The molecule has 9 atom stereocenters. The molecule has 5 aliphatic carbocycles. The number of aliphatic hydroxyl groups excluding tert-OH is 1. The van der Waals surface area contributed by atoms with Gasteiger partial charge in [-0.3, -0.25) is 0 Å². The van der Waals surface area contributed by atoms with Crippen LogP contribution in [0.15, 0.2) is 11.1 Å². The van der Waals surface area contributed by atoms with Crippen molar-refractivity contribution >= 4 is 12.3 Å². The monoisotopic (exact) mass is 371 g/mol. The lowest BCUT2D eigenvalue weighted by atomic mass is 9.42. The molecular formula is C22H29NO4. The highest BCUT2D eigenvalue weighted by Crippen LogP contribution is 2.92. The maximum absolute atomic E-state index is 12.2. The number of hydrogen-bond donors (Lipinski definition) is 2. The third-order valence-corrected chi connectivity index (χ3v) is 10.4. The molecule has 6 rings (SSSR count). The second-order valence-electron chi connectivity index (χ2n) is 10.7. The van der Waals surface area contributed by atoms with Crippen LogP contribution in [0.5, 0.6) is 0 Å². The van der Waals surface area contributed by atoms with Gasteiger partial charge in [0.2, 0.25) is 0 Å². The van der Waals surface area contributed by atoms with Crippen LogP contribution in [0.2, 0.25) is 0 Å². The summed E-state index contributed by atoms with van der Waals surface area (Å²) in [7, 11) is 0. The molecule has 0 radical (unpaired) electrons. The van der Waals surface area contributed by atoms with Crippen LogP contribution in [0.1, 0.15) is 52.4 Å². The number of fused-ring (bicyclic) bond motifs is 2. The molecule has 2 spiro atoms. The van der Waals surface area contributed by atoms with Gasteiger partial charge in [0.15, 0.2) is 0 Å². The molecule has 0 bridgehead atoms. The molecule has 3 N–H and O–H groups in total. The molecule has 0 aromatic carbocycles. The van der Waals surface area contributed by atoms with Crippen LogP contribution in [0.4, 0.5) is 0 Å². The number of carbonyl (C=O) groups is 2. The molecule has 2 unspecified atom stereocenters. The van der Waals surface area contributed by atoms with Crippen LogP contribution in [0.25, 0.3) is 0 Å². The summed E-state index contributed by atoms with van der Waals surface area (Å²) in [4.78, 5) is 23.6. The fourth-order valence-electron chi connectivity index (χ4n) is 8.97. The Morgan fingerprint density at radius 3 is 2.81 bits per heavy atom. The average Bonchev–Trinajstić information content (AvgIpc) is 3.51. The summed E-state index contributed by atoms with van der Waals surface area (Å²) in [5, 5.41) is 11.5. The topological polar surface area (TPSA) is 89.6 Å². The first-order chi connectivity index (χ1) is 12.8. The number of carbonyl (C=O) groups excluding carboxylic acids is 2. The molecule has 0 aromatic rings. The fraction of sp³-hybridized carbons (Fsp3) is 0.818. The highest BCUT2D eigenvalue weighted by atomic mass is 16.5. The number of aliphatic hydroxyl groups is 1. The summed E-state index contributed by atoms with van der Waals surface area (Å²) >= 11 is 0. The molecule has 27 heavy (non-hydrogen) atoms. The van der Waals surface area contributed by atoms with E-state index in [4.69, 9.17) is 10.5 Å². The lowest BCUT2D eigenvalue weighted by Crippen LogP contribution is -2.69. The predicted octanol–water partition coefficient (Wildman–Crippen LogP) is 1.97. The first-order valence-corrected chi connectivity index (χ1v) is 10.6. The van der Waals surface area contributed by atoms with E-state index in [1.54, 1.807) is 0 Å². The highest BCUT2D eigenvalue weighted by molar-refractivity contribution is 5.93. The number of cyclic esters (lactones) is 1. The Labute approximate surface area is 159 Å². The highest BCUT2D eigenvalue weighted by Gasteiger charge is 2.90. The largest absolute Gasteiger partial charge is 0.458 e. The lowest BCUT2D eigenvalue weighted by molar-refractivity contribution is -0.152. The maximum Gasteiger partial charge on any atom is 0.334 e. The van der Waals surface area contributed by atoms with Crippen LogP contribution in [0.3, 0.4) is 0 Å². The predicted molar refractivity (Wildman–Crippen MR) is 97.3 cm³/mol. The third-order valence-electron chi connectivity index (χ3n) is 10.4. The molecule has 4 fully saturated rings. The second kappa shape index (κ2) is 4.51. The van der Waals surface area contributed by atoms with Gasteiger partial charge < -0.3 is 20.4 Å². The van der Waals surface area contributed by atoms with Gasteiger partial charge >= 0.3 is 5.97 Å². The number of hydrogen-bond acceptors (Lipinski definition) is 5. The van der Waals surface area contributed by atoms with Crippen LogP contribution in [-0.4, -0.2) is 35.6 Å². The summed E-state index contributed by atoms with van der Waals surface area (Å²) < 4.78 is 5.39. The fourth-order valence-corrected chi connectivity index (χ4v) is 8.97. The van der Waals surface area contributed by atoms with Gasteiger partial charge in [0.25, 0.3) is 0 Å². The second-order valence-corrected chi connectivity index (χ2v) is 10.7. The summed E-state index contributed by atoms with van der Waals surface area (Å²) in [6.45, 7) is 4.65. The molecule has 5 nitrogen and oxygen atoms in total. The van der Waals surface area contributed by atoms with Crippen LogP contribution < -0.4 is 5.73 Å². The molecule has 4 saturated carbocycles. The first kappa shape index (κ1) is 16.7. The number of rotatable bonds is 2. The van der Waals surface area contributed by atoms with Gasteiger partial charge in [-0.2, -0.15) is 0 Å². The third kappa shape index (κ3) is 1.47.